The van der Waals surface area contributed by atoms with Crippen molar-refractivity contribution in [2.75, 3.05) is 38.6 Å². The first kappa shape index (κ1) is 32.7. The number of benzene rings is 2. The molecule has 0 saturated carbocycles. The minimum absolute atomic E-state index is 0.120. The molecule has 1 N–H and O–H groups in total. The summed E-state index contributed by atoms with van der Waals surface area (Å²) >= 11 is 6.99. The molecule has 3 aliphatic rings. The Hall–Kier alpha value is -4.88. The summed E-state index contributed by atoms with van der Waals surface area (Å²) in [4.78, 5) is 58.7. The van der Waals surface area contributed by atoms with Gasteiger partial charge in [0.25, 0.3) is 11.5 Å². The van der Waals surface area contributed by atoms with Crippen molar-refractivity contribution in [2.24, 2.45) is 19.5 Å². The van der Waals surface area contributed by atoms with E-state index in [0.717, 1.165) is 59.4 Å². The van der Waals surface area contributed by atoms with Crippen molar-refractivity contribution in [3.8, 4) is 28.3 Å². The molecule has 0 unspecified atom stereocenters. The molecule has 1 spiro atoms. The third kappa shape index (κ3) is 5.32. The number of aromatic nitrogens is 4. The second-order valence-corrected chi connectivity index (χ2v) is 13.6. The topological polar surface area (TPSA) is 132 Å². The van der Waals surface area contributed by atoms with Gasteiger partial charge in [0.2, 0.25) is 17.5 Å². The van der Waals surface area contributed by atoms with Crippen LogP contribution in [0.2, 0.25) is 5.02 Å². The van der Waals surface area contributed by atoms with Crippen LogP contribution >= 0.6 is 11.6 Å². The van der Waals surface area contributed by atoms with Crippen LogP contribution < -0.4 is 21.3 Å². The number of ether oxygens (including phenoxy) is 1. The molecule has 14 heteroatoms. The number of hydrogen-bond acceptors (Lipinski definition) is 8. The Morgan fingerprint density at radius 3 is 2.51 bits per heavy atom. The van der Waals surface area contributed by atoms with Crippen LogP contribution in [0.4, 0.5) is 10.1 Å². The van der Waals surface area contributed by atoms with Gasteiger partial charge in [0.15, 0.2) is 0 Å². The Morgan fingerprint density at radius 1 is 1.08 bits per heavy atom. The number of fused-ring (bicyclic) bond motifs is 1. The van der Waals surface area contributed by atoms with Gasteiger partial charge in [-0.1, -0.05) is 23.7 Å². The van der Waals surface area contributed by atoms with Gasteiger partial charge in [-0.05, 0) is 60.7 Å². The zero-order valence-electron chi connectivity index (χ0n) is 27.8. The average molecular weight is 688 g/mol. The lowest BCUT2D eigenvalue weighted by atomic mass is 9.72. The molecule has 2 saturated heterocycles. The summed E-state index contributed by atoms with van der Waals surface area (Å²) < 4.78 is 23.2. The number of hydrogen-bond donors (Lipinski definition) is 1. The van der Waals surface area contributed by atoms with Crippen LogP contribution in [0.25, 0.3) is 22.4 Å². The quantitative estimate of drug-likeness (QED) is 0.325. The van der Waals surface area contributed by atoms with Crippen LogP contribution in [0.5, 0.6) is 5.88 Å². The standard InChI is InChI=1S/C35H35ClFN7O5/c1-18-21(7-6-8-24(18)38-31(46)30-33(47)41(3)34(48)42(4)40-30)28-23(37)11-10-22(29(28)36)25-13-20-9-12-26(27(20)32(39-25)49-5)44-16-35(17-44)14-43(15-35)19(2)45/h6-8,10-11,13,26H,9,12,14-17H2,1-5H3,(H,38,46)/t26-/m0/s1. The van der Waals surface area contributed by atoms with Crippen molar-refractivity contribution in [3.63, 3.8) is 0 Å². The summed E-state index contributed by atoms with van der Waals surface area (Å²) in [7, 11) is 4.20. The second kappa shape index (κ2) is 11.9. The number of carbonyl (C=O) groups is 2. The molecule has 4 aromatic rings. The molecule has 7 rings (SSSR count). The molecule has 0 bridgehead atoms. The molecule has 254 valence electrons. The van der Waals surface area contributed by atoms with Crippen molar-refractivity contribution in [2.45, 2.75) is 32.7 Å². The minimum atomic E-state index is -0.840. The lowest BCUT2D eigenvalue weighted by molar-refractivity contribution is -0.161. The summed E-state index contributed by atoms with van der Waals surface area (Å²) in [5, 5.41) is 6.66. The molecule has 0 radical (unpaired) electrons. The number of anilines is 1. The summed E-state index contributed by atoms with van der Waals surface area (Å²) in [5.41, 5.74) is 2.84. The van der Waals surface area contributed by atoms with Crippen molar-refractivity contribution in [3.05, 3.63) is 90.5 Å². The number of methoxy groups -OCH3 is 1. The number of carbonyl (C=O) groups excluding carboxylic acids is 2. The van der Waals surface area contributed by atoms with E-state index in [2.05, 4.69) is 15.3 Å². The van der Waals surface area contributed by atoms with E-state index in [9.17, 15) is 19.2 Å². The van der Waals surface area contributed by atoms with Crippen molar-refractivity contribution in [1.82, 2.24) is 29.1 Å². The van der Waals surface area contributed by atoms with Gasteiger partial charge in [0, 0.05) is 81.0 Å². The highest BCUT2D eigenvalue weighted by molar-refractivity contribution is 6.36. The Kier molecular flexibility index (Phi) is 7.94. The Labute approximate surface area is 286 Å². The van der Waals surface area contributed by atoms with Crippen molar-refractivity contribution in [1.29, 1.82) is 0 Å². The van der Waals surface area contributed by atoms with E-state index in [1.165, 1.54) is 20.2 Å². The maximum Gasteiger partial charge on any atom is 0.346 e. The maximum absolute atomic E-state index is 15.6. The summed E-state index contributed by atoms with van der Waals surface area (Å²) in [6.45, 7) is 6.78. The molecule has 1 aliphatic carbocycles. The lowest BCUT2D eigenvalue weighted by Gasteiger charge is -2.61. The number of aryl methyl sites for hydroxylation is 2. The van der Waals surface area contributed by atoms with Gasteiger partial charge < -0.3 is 15.0 Å². The van der Waals surface area contributed by atoms with E-state index in [1.54, 1.807) is 45.2 Å². The van der Waals surface area contributed by atoms with Gasteiger partial charge in [-0.15, -0.1) is 0 Å². The van der Waals surface area contributed by atoms with Crippen LogP contribution in [0.15, 0.2) is 46.0 Å². The Bertz CT molecular complexity index is 2180. The molecule has 49 heavy (non-hydrogen) atoms. The van der Waals surface area contributed by atoms with Crippen molar-refractivity contribution >= 4 is 29.1 Å². The molecule has 2 aliphatic heterocycles. The molecular weight excluding hydrogens is 653 g/mol. The minimum Gasteiger partial charge on any atom is -0.481 e. The first-order chi connectivity index (χ1) is 23.3. The summed E-state index contributed by atoms with van der Waals surface area (Å²) in [6, 6.07) is 10.1. The zero-order valence-corrected chi connectivity index (χ0v) is 28.5. The smallest absolute Gasteiger partial charge is 0.346 e. The SMILES string of the molecule is COc1nc(-c2ccc(F)c(-c3cccc(NC(=O)c4nn(C)c(=O)n(C)c4=O)c3C)c2Cl)cc2c1[C@@H](N1CC3(CN(C(C)=O)C3)C1)CC2. The van der Waals surface area contributed by atoms with E-state index in [-0.39, 0.29) is 28.0 Å². The van der Waals surface area contributed by atoms with Gasteiger partial charge in [0.05, 0.1) is 17.8 Å². The van der Waals surface area contributed by atoms with Crippen LogP contribution in [0.1, 0.15) is 46.6 Å². The fourth-order valence-electron chi connectivity index (χ4n) is 7.52. The highest BCUT2D eigenvalue weighted by Gasteiger charge is 2.55. The molecule has 1 atom stereocenters. The highest BCUT2D eigenvalue weighted by Crippen LogP contribution is 2.50. The summed E-state index contributed by atoms with van der Waals surface area (Å²) in [6.07, 6.45) is 1.75. The average Bonchev–Trinajstić information content (AvgIpc) is 3.45. The fourth-order valence-corrected chi connectivity index (χ4v) is 7.88. The van der Waals surface area contributed by atoms with Crippen LogP contribution in [0, 0.1) is 18.2 Å². The van der Waals surface area contributed by atoms with Crippen molar-refractivity contribution < 1.29 is 18.7 Å². The first-order valence-corrected chi connectivity index (χ1v) is 16.3. The van der Waals surface area contributed by atoms with E-state index >= 15 is 4.39 Å². The largest absolute Gasteiger partial charge is 0.481 e. The third-order valence-corrected chi connectivity index (χ3v) is 10.5. The number of pyridine rings is 1. The normalized spacial score (nSPS) is 17.8. The first-order valence-electron chi connectivity index (χ1n) is 15.9. The monoisotopic (exact) mass is 687 g/mol. The van der Waals surface area contributed by atoms with E-state index in [4.69, 9.17) is 21.3 Å². The van der Waals surface area contributed by atoms with Crippen LogP contribution in [-0.2, 0) is 25.3 Å². The molecule has 4 heterocycles. The predicted molar refractivity (Wildman–Crippen MR) is 181 cm³/mol. The molecule has 12 nitrogen and oxygen atoms in total. The number of nitrogens with one attached hydrogen (secondary N) is 1. The molecular formula is C35H35ClFN7O5. The maximum atomic E-state index is 15.6. The van der Waals surface area contributed by atoms with E-state index < -0.39 is 28.7 Å². The van der Waals surface area contributed by atoms with E-state index in [1.807, 2.05) is 11.0 Å². The molecule has 2 amide bonds. The number of halogens is 2. The predicted octanol–water partition coefficient (Wildman–Crippen LogP) is 3.72. The third-order valence-electron chi connectivity index (χ3n) is 10.1. The van der Waals surface area contributed by atoms with Crippen LogP contribution in [-0.4, -0.2) is 74.2 Å². The second-order valence-electron chi connectivity index (χ2n) is 13.3. The van der Waals surface area contributed by atoms with Gasteiger partial charge >= 0.3 is 5.69 Å². The molecule has 2 aromatic heterocycles. The van der Waals surface area contributed by atoms with E-state index in [0.29, 0.717) is 34.0 Å². The number of likely N-dealkylation sites (tertiary alicyclic amines) is 2. The number of nitrogens with zero attached hydrogens (tertiary/aromatic N) is 6. The van der Waals surface area contributed by atoms with Gasteiger partial charge in [-0.3, -0.25) is 23.9 Å². The van der Waals surface area contributed by atoms with Gasteiger partial charge in [-0.2, -0.15) is 5.10 Å². The Morgan fingerprint density at radius 2 is 1.82 bits per heavy atom. The zero-order chi connectivity index (χ0) is 34.9. The van der Waals surface area contributed by atoms with Gasteiger partial charge in [-0.25, -0.2) is 18.9 Å². The molecule has 2 aromatic carbocycles. The number of rotatable bonds is 6. The van der Waals surface area contributed by atoms with Gasteiger partial charge in [0.1, 0.15) is 5.82 Å². The van der Waals surface area contributed by atoms with Crippen LogP contribution in [0.3, 0.4) is 0 Å². The molecule has 2 fully saturated rings. The summed E-state index contributed by atoms with van der Waals surface area (Å²) in [5.74, 6) is -0.748. The Balaban J connectivity index is 1.19. The highest BCUT2D eigenvalue weighted by atomic mass is 35.5. The fraction of sp³-hybridized carbons (Fsp3) is 0.371. The lowest BCUT2D eigenvalue weighted by Crippen LogP contribution is -2.72. The number of amides is 2.